The molecule has 0 amide bonds. The number of aromatic nitrogens is 1. The number of nitrogens with zero attached hydrogens (tertiary/aromatic N) is 1. The van der Waals surface area contributed by atoms with Crippen LogP contribution in [0.1, 0.15) is 11.1 Å². The average molecular weight is 359 g/mol. The zero-order valence-electron chi connectivity index (χ0n) is 16.1. The molecular formula is C27H21N. The van der Waals surface area contributed by atoms with E-state index in [2.05, 4.69) is 92.7 Å². The van der Waals surface area contributed by atoms with Crippen LogP contribution in [0.25, 0.3) is 43.9 Å². The normalized spacial score (nSPS) is 11.2. The topological polar surface area (TPSA) is 12.9 Å². The van der Waals surface area contributed by atoms with Crippen LogP contribution in [0.4, 0.5) is 0 Å². The second-order valence-corrected chi connectivity index (χ2v) is 7.32. The van der Waals surface area contributed by atoms with Crippen molar-refractivity contribution >= 4 is 21.7 Å². The van der Waals surface area contributed by atoms with Gasteiger partial charge >= 0.3 is 0 Å². The van der Waals surface area contributed by atoms with Crippen LogP contribution in [0.15, 0.2) is 91.1 Å². The highest BCUT2D eigenvalue weighted by Crippen LogP contribution is 2.43. The van der Waals surface area contributed by atoms with Gasteiger partial charge in [0, 0.05) is 17.1 Å². The smallest absolute Gasteiger partial charge is 0.0793 e. The Labute approximate surface area is 165 Å². The summed E-state index contributed by atoms with van der Waals surface area (Å²) in [6.45, 7) is 4.36. The Morgan fingerprint density at radius 3 is 1.64 bits per heavy atom. The SMILES string of the molecule is Cc1ccccc1-c1c2ccccc2c(-c2ccccc2C)c2ncccc12. The summed E-state index contributed by atoms with van der Waals surface area (Å²) in [4.78, 5) is 4.86. The molecule has 1 aromatic heterocycles. The maximum absolute atomic E-state index is 4.86. The highest BCUT2D eigenvalue weighted by atomic mass is 14.7. The van der Waals surface area contributed by atoms with Gasteiger partial charge in [0.25, 0.3) is 0 Å². The van der Waals surface area contributed by atoms with E-state index >= 15 is 0 Å². The largest absolute Gasteiger partial charge is 0.256 e. The van der Waals surface area contributed by atoms with E-state index in [9.17, 15) is 0 Å². The van der Waals surface area contributed by atoms with E-state index in [0.717, 1.165) is 5.52 Å². The summed E-state index contributed by atoms with van der Waals surface area (Å²) in [5.74, 6) is 0. The Morgan fingerprint density at radius 2 is 1.00 bits per heavy atom. The molecule has 0 aliphatic heterocycles. The lowest BCUT2D eigenvalue weighted by molar-refractivity contribution is 1.40. The standard InChI is InChI=1S/C27H21N/c1-18-10-3-5-12-20(18)25-22-14-7-8-15-23(22)26(21-13-6-4-11-19(21)2)27-24(25)16-9-17-28-27/h3-17H,1-2H3. The van der Waals surface area contributed by atoms with Gasteiger partial charge in [0.05, 0.1) is 5.52 Å². The van der Waals surface area contributed by atoms with E-state index in [4.69, 9.17) is 4.98 Å². The van der Waals surface area contributed by atoms with Crippen LogP contribution in [0.5, 0.6) is 0 Å². The van der Waals surface area contributed by atoms with E-state index in [1.54, 1.807) is 0 Å². The second-order valence-electron chi connectivity index (χ2n) is 7.32. The number of fused-ring (bicyclic) bond motifs is 2. The van der Waals surface area contributed by atoms with Crippen molar-refractivity contribution in [2.24, 2.45) is 0 Å². The Hall–Kier alpha value is -3.45. The first-order chi connectivity index (χ1) is 13.8. The lowest BCUT2D eigenvalue weighted by atomic mass is 9.86. The first-order valence-electron chi connectivity index (χ1n) is 9.67. The predicted octanol–water partition coefficient (Wildman–Crippen LogP) is 7.34. The number of pyridine rings is 1. The molecule has 0 aliphatic carbocycles. The fraction of sp³-hybridized carbons (Fsp3) is 0.0741. The van der Waals surface area contributed by atoms with Gasteiger partial charge in [-0.15, -0.1) is 0 Å². The maximum Gasteiger partial charge on any atom is 0.0793 e. The Morgan fingerprint density at radius 1 is 0.500 bits per heavy atom. The van der Waals surface area contributed by atoms with Gasteiger partial charge in [0.15, 0.2) is 0 Å². The van der Waals surface area contributed by atoms with Crippen LogP contribution in [-0.2, 0) is 0 Å². The van der Waals surface area contributed by atoms with Gasteiger partial charge in [-0.2, -0.15) is 0 Å². The van der Waals surface area contributed by atoms with Crippen molar-refractivity contribution in [2.75, 3.05) is 0 Å². The van der Waals surface area contributed by atoms with Gasteiger partial charge in [-0.25, -0.2) is 0 Å². The molecule has 1 heteroatoms. The summed E-state index contributed by atoms with van der Waals surface area (Å²) in [5, 5.41) is 3.73. The first-order valence-corrected chi connectivity index (χ1v) is 9.67. The van der Waals surface area contributed by atoms with Crippen molar-refractivity contribution in [2.45, 2.75) is 13.8 Å². The van der Waals surface area contributed by atoms with E-state index in [-0.39, 0.29) is 0 Å². The average Bonchev–Trinajstić information content (AvgIpc) is 2.73. The lowest BCUT2D eigenvalue weighted by Gasteiger charge is -2.18. The summed E-state index contributed by atoms with van der Waals surface area (Å²) in [7, 11) is 0. The molecular weight excluding hydrogens is 338 g/mol. The quantitative estimate of drug-likeness (QED) is 0.300. The molecule has 4 aromatic carbocycles. The minimum atomic E-state index is 1.06. The van der Waals surface area contributed by atoms with Gasteiger partial charge in [-0.1, -0.05) is 78.9 Å². The van der Waals surface area contributed by atoms with Crippen LogP contribution in [0.3, 0.4) is 0 Å². The van der Waals surface area contributed by atoms with Crippen LogP contribution in [0.2, 0.25) is 0 Å². The number of aryl methyl sites for hydroxylation is 2. The van der Waals surface area contributed by atoms with E-state index in [1.165, 1.54) is 49.5 Å². The van der Waals surface area contributed by atoms with E-state index in [0.29, 0.717) is 0 Å². The first kappa shape index (κ1) is 16.7. The molecule has 0 unspecified atom stereocenters. The number of benzene rings is 4. The Balaban J connectivity index is 2.04. The molecule has 134 valence electrons. The molecule has 5 rings (SSSR count). The predicted molar refractivity (Wildman–Crippen MR) is 120 cm³/mol. The number of hydrogen-bond acceptors (Lipinski definition) is 1. The maximum atomic E-state index is 4.86. The van der Waals surface area contributed by atoms with Gasteiger partial charge in [0.2, 0.25) is 0 Å². The molecule has 1 nitrogen and oxygen atoms in total. The van der Waals surface area contributed by atoms with Crippen molar-refractivity contribution in [3.05, 3.63) is 102 Å². The van der Waals surface area contributed by atoms with Crippen molar-refractivity contribution in [3.63, 3.8) is 0 Å². The monoisotopic (exact) mass is 359 g/mol. The molecule has 0 atom stereocenters. The molecule has 0 fully saturated rings. The molecule has 0 N–H and O–H groups in total. The minimum absolute atomic E-state index is 1.06. The van der Waals surface area contributed by atoms with Crippen LogP contribution in [0, 0.1) is 13.8 Å². The molecule has 1 heterocycles. The highest BCUT2D eigenvalue weighted by Gasteiger charge is 2.18. The lowest BCUT2D eigenvalue weighted by Crippen LogP contribution is -1.94. The molecule has 28 heavy (non-hydrogen) atoms. The highest BCUT2D eigenvalue weighted by molar-refractivity contribution is 6.20. The third-order valence-corrected chi connectivity index (χ3v) is 5.61. The van der Waals surface area contributed by atoms with Crippen molar-refractivity contribution in [1.82, 2.24) is 4.98 Å². The zero-order valence-corrected chi connectivity index (χ0v) is 16.1. The van der Waals surface area contributed by atoms with Crippen molar-refractivity contribution in [3.8, 4) is 22.3 Å². The summed E-state index contributed by atoms with van der Waals surface area (Å²) >= 11 is 0. The van der Waals surface area contributed by atoms with E-state index < -0.39 is 0 Å². The molecule has 5 aromatic rings. The fourth-order valence-electron chi connectivity index (χ4n) is 4.27. The summed E-state index contributed by atoms with van der Waals surface area (Å²) in [6, 6.07) is 30.2. The Kier molecular flexibility index (Phi) is 3.95. The van der Waals surface area contributed by atoms with Gasteiger partial charge in [-0.3, -0.25) is 4.98 Å². The second kappa shape index (κ2) is 6.61. The van der Waals surface area contributed by atoms with Gasteiger partial charge < -0.3 is 0 Å². The van der Waals surface area contributed by atoms with Gasteiger partial charge in [-0.05, 0) is 58.5 Å². The van der Waals surface area contributed by atoms with Crippen molar-refractivity contribution in [1.29, 1.82) is 0 Å². The minimum Gasteiger partial charge on any atom is -0.256 e. The zero-order chi connectivity index (χ0) is 19.1. The van der Waals surface area contributed by atoms with Crippen LogP contribution in [-0.4, -0.2) is 4.98 Å². The molecule has 0 saturated heterocycles. The van der Waals surface area contributed by atoms with Crippen LogP contribution < -0.4 is 0 Å². The molecule has 0 aliphatic rings. The third kappa shape index (κ3) is 2.51. The number of rotatable bonds is 2. The Bertz CT molecular complexity index is 1170. The van der Waals surface area contributed by atoms with Crippen molar-refractivity contribution < 1.29 is 0 Å². The summed E-state index contributed by atoms with van der Waals surface area (Å²) in [5.41, 5.74) is 8.63. The van der Waals surface area contributed by atoms with Crippen LogP contribution >= 0.6 is 0 Å². The fourth-order valence-corrected chi connectivity index (χ4v) is 4.27. The molecule has 0 saturated carbocycles. The number of hydrogen-bond donors (Lipinski definition) is 0. The summed E-state index contributed by atoms with van der Waals surface area (Å²) in [6.07, 6.45) is 1.90. The molecule has 0 radical (unpaired) electrons. The molecule has 0 bridgehead atoms. The molecule has 0 spiro atoms. The summed E-state index contributed by atoms with van der Waals surface area (Å²) < 4.78 is 0. The third-order valence-electron chi connectivity index (χ3n) is 5.61. The van der Waals surface area contributed by atoms with Gasteiger partial charge in [0.1, 0.15) is 0 Å². The van der Waals surface area contributed by atoms with E-state index in [1.807, 2.05) is 12.3 Å².